The summed E-state index contributed by atoms with van der Waals surface area (Å²) in [5, 5.41) is 3.08. The van der Waals surface area contributed by atoms with E-state index >= 15 is 0 Å². The molecule has 0 atom stereocenters. The van der Waals surface area contributed by atoms with Gasteiger partial charge in [0.1, 0.15) is 28.8 Å². The molecule has 0 aliphatic carbocycles. The molecule has 0 unspecified atom stereocenters. The Labute approximate surface area is 180 Å². The molecule has 1 aromatic carbocycles. The van der Waals surface area contributed by atoms with Crippen molar-refractivity contribution in [2.45, 2.75) is 6.18 Å². The van der Waals surface area contributed by atoms with Crippen molar-refractivity contribution in [1.29, 1.82) is 0 Å². The largest absolute Gasteiger partial charge is 0.457 e. The van der Waals surface area contributed by atoms with Crippen molar-refractivity contribution in [3.63, 3.8) is 0 Å². The monoisotopic (exact) mass is 439 g/mol. The SMILES string of the molecule is Nc1ccc(-c2cc(Nc3cccc(Oc4ccnc(C(F)(F)F)c4)c3)nc(N)n2)cn1. The van der Waals surface area contributed by atoms with Crippen molar-refractivity contribution in [2.24, 2.45) is 0 Å². The predicted molar refractivity (Wildman–Crippen MR) is 113 cm³/mol. The first-order valence-electron chi connectivity index (χ1n) is 9.21. The van der Waals surface area contributed by atoms with Crippen LogP contribution >= 0.6 is 0 Å². The summed E-state index contributed by atoms with van der Waals surface area (Å²) in [7, 11) is 0. The predicted octanol–water partition coefficient (Wildman–Crippen LogP) is 4.65. The van der Waals surface area contributed by atoms with E-state index in [0.29, 0.717) is 34.3 Å². The van der Waals surface area contributed by atoms with Gasteiger partial charge >= 0.3 is 6.18 Å². The fraction of sp³-hybridized carbons (Fsp3) is 0.0476. The van der Waals surface area contributed by atoms with Crippen LogP contribution in [0.4, 0.5) is 36.4 Å². The molecular weight excluding hydrogens is 423 g/mol. The summed E-state index contributed by atoms with van der Waals surface area (Å²) in [6.45, 7) is 0. The fourth-order valence-electron chi connectivity index (χ4n) is 2.79. The van der Waals surface area contributed by atoms with Crippen LogP contribution in [0.2, 0.25) is 0 Å². The molecule has 3 aromatic heterocycles. The number of pyridine rings is 2. The Morgan fingerprint density at radius 1 is 0.875 bits per heavy atom. The Morgan fingerprint density at radius 3 is 2.44 bits per heavy atom. The first-order valence-corrected chi connectivity index (χ1v) is 9.21. The van der Waals surface area contributed by atoms with Gasteiger partial charge in [0.15, 0.2) is 0 Å². The van der Waals surface area contributed by atoms with Gasteiger partial charge in [-0.2, -0.15) is 18.2 Å². The molecule has 4 aromatic rings. The van der Waals surface area contributed by atoms with Crippen LogP contribution in [0.1, 0.15) is 5.69 Å². The van der Waals surface area contributed by atoms with E-state index in [1.165, 1.54) is 6.07 Å². The summed E-state index contributed by atoms with van der Waals surface area (Å²) < 4.78 is 44.1. The number of ether oxygens (including phenoxy) is 1. The number of aromatic nitrogens is 4. The molecule has 8 nitrogen and oxygen atoms in total. The third kappa shape index (κ3) is 5.01. The highest BCUT2D eigenvalue weighted by Gasteiger charge is 2.32. The van der Waals surface area contributed by atoms with Gasteiger partial charge in [-0.3, -0.25) is 4.98 Å². The molecule has 0 amide bonds. The van der Waals surface area contributed by atoms with Crippen molar-refractivity contribution in [3.8, 4) is 22.8 Å². The molecular formula is C21H16F3N7O. The van der Waals surface area contributed by atoms with Crippen LogP contribution in [0.25, 0.3) is 11.3 Å². The Bertz CT molecular complexity index is 1250. The van der Waals surface area contributed by atoms with Gasteiger partial charge in [-0.25, -0.2) is 9.97 Å². The summed E-state index contributed by atoms with van der Waals surface area (Å²) in [6, 6.07) is 13.9. The zero-order valence-corrected chi connectivity index (χ0v) is 16.3. The van der Waals surface area contributed by atoms with Gasteiger partial charge in [0.2, 0.25) is 5.95 Å². The van der Waals surface area contributed by atoms with Gasteiger partial charge in [0, 0.05) is 41.8 Å². The third-order valence-corrected chi connectivity index (χ3v) is 4.19. The second kappa shape index (κ2) is 8.38. The Kier molecular flexibility index (Phi) is 5.46. The fourth-order valence-corrected chi connectivity index (χ4v) is 2.79. The minimum Gasteiger partial charge on any atom is -0.457 e. The maximum atomic E-state index is 12.9. The molecule has 32 heavy (non-hydrogen) atoms. The highest BCUT2D eigenvalue weighted by Crippen LogP contribution is 2.32. The highest BCUT2D eigenvalue weighted by atomic mass is 19.4. The molecule has 0 aliphatic rings. The molecule has 0 spiro atoms. The number of hydrogen-bond donors (Lipinski definition) is 3. The van der Waals surface area contributed by atoms with E-state index in [1.807, 2.05) is 0 Å². The van der Waals surface area contributed by atoms with Gasteiger partial charge in [0.05, 0.1) is 5.69 Å². The molecule has 4 rings (SSSR count). The molecule has 11 heteroatoms. The summed E-state index contributed by atoms with van der Waals surface area (Å²) in [4.78, 5) is 15.7. The van der Waals surface area contributed by atoms with Crippen LogP contribution in [-0.2, 0) is 6.18 Å². The number of halogens is 3. The molecule has 0 fully saturated rings. The summed E-state index contributed by atoms with van der Waals surface area (Å²) in [5.41, 5.74) is 12.2. The molecule has 0 bridgehead atoms. The van der Waals surface area contributed by atoms with E-state index in [2.05, 4.69) is 25.3 Å². The number of anilines is 4. The average molecular weight is 439 g/mol. The van der Waals surface area contributed by atoms with E-state index in [0.717, 1.165) is 12.3 Å². The lowest BCUT2D eigenvalue weighted by Gasteiger charge is -2.12. The summed E-state index contributed by atoms with van der Waals surface area (Å²) in [5.74, 6) is 1.16. The van der Waals surface area contributed by atoms with Crippen LogP contribution in [-0.4, -0.2) is 19.9 Å². The van der Waals surface area contributed by atoms with Gasteiger partial charge < -0.3 is 21.5 Å². The van der Waals surface area contributed by atoms with E-state index in [-0.39, 0.29) is 11.7 Å². The molecule has 3 heterocycles. The third-order valence-electron chi connectivity index (χ3n) is 4.19. The highest BCUT2D eigenvalue weighted by molar-refractivity contribution is 5.67. The number of rotatable bonds is 5. The van der Waals surface area contributed by atoms with E-state index in [1.54, 1.807) is 48.7 Å². The standard InChI is InChI=1S/C21H16F3N7O/c22-21(23,24)17-9-15(6-7-27-17)32-14-3-1-2-13(8-14)29-19-10-16(30-20(26)31-19)12-4-5-18(25)28-11-12/h1-11H,(H2,25,28)(H3,26,29,30,31). The maximum absolute atomic E-state index is 12.9. The second-order valence-corrected chi connectivity index (χ2v) is 6.60. The smallest absolute Gasteiger partial charge is 0.433 e. The van der Waals surface area contributed by atoms with Crippen LogP contribution in [0.5, 0.6) is 11.5 Å². The minimum atomic E-state index is -4.56. The van der Waals surface area contributed by atoms with Crippen molar-refractivity contribution < 1.29 is 17.9 Å². The average Bonchev–Trinajstić information content (AvgIpc) is 2.74. The molecule has 0 radical (unpaired) electrons. The molecule has 0 saturated carbocycles. The Morgan fingerprint density at radius 2 is 1.69 bits per heavy atom. The van der Waals surface area contributed by atoms with Crippen molar-refractivity contribution in [3.05, 3.63) is 72.7 Å². The zero-order chi connectivity index (χ0) is 22.7. The summed E-state index contributed by atoms with van der Waals surface area (Å²) >= 11 is 0. The first-order chi connectivity index (χ1) is 15.3. The van der Waals surface area contributed by atoms with Gasteiger partial charge in [-0.05, 0) is 30.3 Å². The van der Waals surface area contributed by atoms with Crippen molar-refractivity contribution in [2.75, 3.05) is 16.8 Å². The lowest BCUT2D eigenvalue weighted by atomic mass is 10.2. The van der Waals surface area contributed by atoms with Gasteiger partial charge in [0.25, 0.3) is 0 Å². The van der Waals surface area contributed by atoms with Crippen molar-refractivity contribution >= 4 is 23.3 Å². The number of alkyl halides is 3. The minimum absolute atomic E-state index is 0.00823. The molecule has 0 saturated heterocycles. The van der Waals surface area contributed by atoms with Crippen LogP contribution in [0, 0.1) is 0 Å². The maximum Gasteiger partial charge on any atom is 0.433 e. The van der Waals surface area contributed by atoms with Gasteiger partial charge in [-0.1, -0.05) is 6.07 Å². The number of nitrogens with one attached hydrogen (secondary N) is 1. The molecule has 5 N–H and O–H groups in total. The van der Waals surface area contributed by atoms with Crippen LogP contribution in [0.3, 0.4) is 0 Å². The lowest BCUT2D eigenvalue weighted by Crippen LogP contribution is -2.07. The van der Waals surface area contributed by atoms with Crippen LogP contribution in [0.15, 0.2) is 67.0 Å². The number of benzene rings is 1. The lowest BCUT2D eigenvalue weighted by molar-refractivity contribution is -0.141. The van der Waals surface area contributed by atoms with Crippen molar-refractivity contribution in [1.82, 2.24) is 19.9 Å². The van der Waals surface area contributed by atoms with E-state index in [4.69, 9.17) is 16.2 Å². The Hall–Kier alpha value is -4.41. The second-order valence-electron chi connectivity index (χ2n) is 6.60. The van der Waals surface area contributed by atoms with E-state index < -0.39 is 11.9 Å². The molecule has 162 valence electrons. The topological polar surface area (TPSA) is 125 Å². The normalized spacial score (nSPS) is 11.2. The number of hydrogen-bond acceptors (Lipinski definition) is 8. The van der Waals surface area contributed by atoms with Gasteiger partial charge in [-0.15, -0.1) is 0 Å². The number of nitrogen functional groups attached to an aromatic ring is 2. The quantitative estimate of drug-likeness (QED) is 0.410. The van der Waals surface area contributed by atoms with E-state index in [9.17, 15) is 13.2 Å². The number of nitrogens with zero attached hydrogens (tertiary/aromatic N) is 4. The zero-order valence-electron chi connectivity index (χ0n) is 16.3. The number of nitrogens with two attached hydrogens (primary N) is 2. The summed E-state index contributed by atoms with van der Waals surface area (Å²) in [6.07, 6.45) is -1.95. The Balaban J connectivity index is 1.55. The van der Waals surface area contributed by atoms with Crippen LogP contribution < -0.4 is 21.5 Å². The first kappa shape index (κ1) is 20.8. The molecule has 0 aliphatic heterocycles.